The monoisotopic (exact) mass is 292 g/mol. The normalized spacial score (nSPS) is 21.4. The Kier molecular flexibility index (Phi) is 4.74. The Hall–Kier alpha value is -0.930. The standard InChI is InChI=1S/C18H29FN2/c1-6-18(7-2)13-21(17(4,5)12-20-18)11-15-8-9-16(19)10-14(15)3/h8-10,20H,6-7,11-13H2,1-5H3. The SMILES string of the molecule is CCC1(CC)CN(Cc2ccc(F)cc2C)C(C)(C)CN1. The summed E-state index contributed by atoms with van der Waals surface area (Å²) in [6.45, 7) is 14.0. The lowest BCUT2D eigenvalue weighted by Crippen LogP contribution is -2.67. The first-order chi connectivity index (χ1) is 9.82. The zero-order valence-corrected chi connectivity index (χ0v) is 14.1. The number of nitrogens with one attached hydrogen (secondary N) is 1. The maximum atomic E-state index is 13.3. The Balaban J connectivity index is 2.22. The summed E-state index contributed by atoms with van der Waals surface area (Å²) < 4.78 is 13.3. The van der Waals surface area contributed by atoms with E-state index in [1.165, 1.54) is 5.56 Å². The molecule has 0 amide bonds. The summed E-state index contributed by atoms with van der Waals surface area (Å²) in [5, 5.41) is 3.76. The molecule has 0 bridgehead atoms. The van der Waals surface area contributed by atoms with E-state index in [4.69, 9.17) is 0 Å². The molecule has 1 fully saturated rings. The van der Waals surface area contributed by atoms with Gasteiger partial charge in [0.25, 0.3) is 0 Å². The van der Waals surface area contributed by atoms with E-state index in [1.807, 2.05) is 13.0 Å². The van der Waals surface area contributed by atoms with E-state index in [-0.39, 0.29) is 16.9 Å². The van der Waals surface area contributed by atoms with Crippen molar-refractivity contribution in [1.29, 1.82) is 0 Å². The van der Waals surface area contributed by atoms with Gasteiger partial charge in [-0.2, -0.15) is 0 Å². The molecule has 1 N–H and O–H groups in total. The third-order valence-electron chi connectivity index (χ3n) is 5.26. The lowest BCUT2D eigenvalue weighted by molar-refractivity contribution is 0.0160. The fraction of sp³-hybridized carbons (Fsp3) is 0.667. The highest BCUT2D eigenvalue weighted by Crippen LogP contribution is 2.30. The van der Waals surface area contributed by atoms with Crippen LogP contribution in [0.3, 0.4) is 0 Å². The molecule has 1 aliphatic rings. The highest BCUT2D eigenvalue weighted by Gasteiger charge is 2.40. The van der Waals surface area contributed by atoms with E-state index in [0.717, 1.165) is 38.0 Å². The predicted octanol–water partition coefficient (Wildman–Crippen LogP) is 3.88. The molecule has 21 heavy (non-hydrogen) atoms. The molecule has 0 radical (unpaired) electrons. The van der Waals surface area contributed by atoms with Gasteiger partial charge in [0.2, 0.25) is 0 Å². The number of benzene rings is 1. The van der Waals surface area contributed by atoms with E-state index in [2.05, 4.69) is 37.9 Å². The number of hydrogen-bond donors (Lipinski definition) is 1. The number of rotatable bonds is 4. The molecule has 2 rings (SSSR count). The molecule has 1 aliphatic heterocycles. The number of nitrogens with zero attached hydrogens (tertiary/aromatic N) is 1. The highest BCUT2D eigenvalue weighted by atomic mass is 19.1. The van der Waals surface area contributed by atoms with Gasteiger partial charge >= 0.3 is 0 Å². The van der Waals surface area contributed by atoms with Gasteiger partial charge in [0, 0.05) is 30.7 Å². The molecular weight excluding hydrogens is 263 g/mol. The lowest BCUT2D eigenvalue weighted by atomic mass is 9.84. The molecule has 0 atom stereocenters. The second kappa shape index (κ2) is 6.05. The van der Waals surface area contributed by atoms with Crippen molar-refractivity contribution in [3.63, 3.8) is 0 Å². The van der Waals surface area contributed by atoms with Crippen LogP contribution in [0, 0.1) is 12.7 Å². The summed E-state index contributed by atoms with van der Waals surface area (Å²) in [6.07, 6.45) is 2.27. The van der Waals surface area contributed by atoms with Crippen molar-refractivity contribution in [2.75, 3.05) is 13.1 Å². The summed E-state index contributed by atoms with van der Waals surface area (Å²) in [5.74, 6) is -0.146. The molecule has 0 aliphatic carbocycles. The lowest BCUT2D eigenvalue weighted by Gasteiger charge is -2.52. The molecule has 0 saturated carbocycles. The van der Waals surface area contributed by atoms with Gasteiger partial charge in [-0.1, -0.05) is 19.9 Å². The molecule has 1 saturated heterocycles. The van der Waals surface area contributed by atoms with E-state index in [1.54, 1.807) is 12.1 Å². The first kappa shape index (κ1) is 16.4. The van der Waals surface area contributed by atoms with Crippen LogP contribution in [0.15, 0.2) is 18.2 Å². The topological polar surface area (TPSA) is 15.3 Å². The van der Waals surface area contributed by atoms with E-state index in [0.29, 0.717) is 0 Å². The molecule has 1 heterocycles. The summed E-state index contributed by atoms with van der Waals surface area (Å²) >= 11 is 0. The third-order valence-corrected chi connectivity index (χ3v) is 5.26. The van der Waals surface area contributed by atoms with Crippen LogP contribution in [-0.4, -0.2) is 29.1 Å². The summed E-state index contributed by atoms with van der Waals surface area (Å²) in [6, 6.07) is 5.14. The van der Waals surface area contributed by atoms with Crippen molar-refractivity contribution in [3.8, 4) is 0 Å². The van der Waals surface area contributed by atoms with Crippen LogP contribution in [0.5, 0.6) is 0 Å². The Morgan fingerprint density at radius 1 is 1.24 bits per heavy atom. The van der Waals surface area contributed by atoms with Crippen LogP contribution in [-0.2, 0) is 6.54 Å². The van der Waals surface area contributed by atoms with Crippen LogP contribution < -0.4 is 5.32 Å². The number of piperazine rings is 1. The molecule has 118 valence electrons. The van der Waals surface area contributed by atoms with Gasteiger partial charge in [-0.05, 0) is 56.9 Å². The van der Waals surface area contributed by atoms with Gasteiger partial charge in [-0.25, -0.2) is 4.39 Å². The minimum Gasteiger partial charge on any atom is -0.308 e. The molecular formula is C18H29FN2. The smallest absolute Gasteiger partial charge is 0.123 e. The molecule has 3 heteroatoms. The van der Waals surface area contributed by atoms with E-state index >= 15 is 0 Å². The van der Waals surface area contributed by atoms with Gasteiger partial charge in [0.15, 0.2) is 0 Å². The Morgan fingerprint density at radius 3 is 2.48 bits per heavy atom. The van der Waals surface area contributed by atoms with Crippen LogP contribution in [0.4, 0.5) is 4.39 Å². The number of halogens is 1. The maximum Gasteiger partial charge on any atom is 0.123 e. The highest BCUT2D eigenvalue weighted by molar-refractivity contribution is 5.27. The van der Waals surface area contributed by atoms with Crippen LogP contribution in [0.25, 0.3) is 0 Å². The Bertz CT molecular complexity index is 492. The van der Waals surface area contributed by atoms with Gasteiger partial charge in [-0.15, -0.1) is 0 Å². The van der Waals surface area contributed by atoms with Crippen molar-refractivity contribution in [3.05, 3.63) is 35.1 Å². The van der Waals surface area contributed by atoms with Gasteiger partial charge in [-0.3, -0.25) is 4.90 Å². The van der Waals surface area contributed by atoms with Crippen LogP contribution >= 0.6 is 0 Å². The first-order valence-corrected chi connectivity index (χ1v) is 8.07. The van der Waals surface area contributed by atoms with E-state index < -0.39 is 0 Å². The molecule has 0 aromatic heterocycles. The predicted molar refractivity (Wildman–Crippen MR) is 86.9 cm³/mol. The summed E-state index contributed by atoms with van der Waals surface area (Å²) in [4.78, 5) is 2.55. The summed E-state index contributed by atoms with van der Waals surface area (Å²) in [7, 11) is 0. The molecule has 1 aromatic carbocycles. The van der Waals surface area contributed by atoms with Gasteiger partial charge < -0.3 is 5.32 Å². The van der Waals surface area contributed by atoms with Gasteiger partial charge in [0.1, 0.15) is 5.82 Å². The quantitative estimate of drug-likeness (QED) is 0.906. The van der Waals surface area contributed by atoms with Crippen molar-refractivity contribution >= 4 is 0 Å². The van der Waals surface area contributed by atoms with Crippen LogP contribution in [0.1, 0.15) is 51.7 Å². The van der Waals surface area contributed by atoms with Crippen molar-refractivity contribution in [2.24, 2.45) is 0 Å². The van der Waals surface area contributed by atoms with Crippen molar-refractivity contribution in [2.45, 2.75) is 65.1 Å². The average Bonchev–Trinajstić information content (AvgIpc) is 2.44. The van der Waals surface area contributed by atoms with Crippen molar-refractivity contribution in [1.82, 2.24) is 10.2 Å². The third kappa shape index (κ3) is 3.46. The van der Waals surface area contributed by atoms with E-state index in [9.17, 15) is 4.39 Å². The van der Waals surface area contributed by atoms with Gasteiger partial charge in [0.05, 0.1) is 0 Å². The molecule has 0 unspecified atom stereocenters. The summed E-state index contributed by atoms with van der Waals surface area (Å²) in [5.41, 5.74) is 2.60. The molecule has 2 nitrogen and oxygen atoms in total. The first-order valence-electron chi connectivity index (χ1n) is 8.07. The second-order valence-electron chi connectivity index (χ2n) is 7.08. The zero-order valence-electron chi connectivity index (χ0n) is 14.1. The largest absolute Gasteiger partial charge is 0.308 e. The number of hydrogen-bond acceptors (Lipinski definition) is 2. The Morgan fingerprint density at radius 2 is 1.90 bits per heavy atom. The number of aryl methyl sites for hydroxylation is 1. The Labute approximate surface area is 128 Å². The second-order valence-corrected chi connectivity index (χ2v) is 7.08. The minimum atomic E-state index is -0.146. The zero-order chi connectivity index (χ0) is 15.7. The fourth-order valence-corrected chi connectivity index (χ4v) is 3.19. The molecule has 1 aromatic rings. The van der Waals surface area contributed by atoms with Crippen LogP contribution in [0.2, 0.25) is 0 Å². The average molecular weight is 292 g/mol. The molecule has 0 spiro atoms. The minimum absolute atomic E-state index is 0.120. The van der Waals surface area contributed by atoms with Crippen molar-refractivity contribution < 1.29 is 4.39 Å². The fourth-order valence-electron chi connectivity index (χ4n) is 3.19. The maximum absolute atomic E-state index is 13.3.